The highest BCUT2D eigenvalue weighted by atomic mass is 32.2. The van der Waals surface area contributed by atoms with Gasteiger partial charge in [-0.3, -0.25) is 0 Å². The molecule has 0 amide bonds. The summed E-state index contributed by atoms with van der Waals surface area (Å²) in [5.74, 6) is 1.71. The van der Waals surface area contributed by atoms with Gasteiger partial charge in [-0.25, -0.2) is 0 Å². The van der Waals surface area contributed by atoms with Crippen LogP contribution in [0.2, 0.25) is 0 Å². The Balaban J connectivity index is 1.71. The number of hydrogen-bond donors (Lipinski definition) is 1. The highest BCUT2D eigenvalue weighted by Gasteiger charge is 2.22. The lowest BCUT2D eigenvalue weighted by molar-refractivity contribution is 0.0541. The first-order valence-electron chi connectivity index (χ1n) is 8.51. The van der Waals surface area contributed by atoms with Crippen LogP contribution in [0.25, 0.3) is 10.8 Å². The molecule has 3 aromatic carbocycles. The van der Waals surface area contributed by atoms with Crippen molar-refractivity contribution >= 4 is 22.5 Å². The molecule has 25 heavy (non-hydrogen) atoms. The second-order valence-corrected chi connectivity index (χ2v) is 7.50. The molecular formula is C22H24O2S. The lowest BCUT2D eigenvalue weighted by Crippen LogP contribution is -2.22. The number of hydrogen-bond acceptors (Lipinski definition) is 3. The summed E-state index contributed by atoms with van der Waals surface area (Å²) in [4.78, 5) is 0. The van der Waals surface area contributed by atoms with E-state index in [1.54, 1.807) is 11.8 Å². The Morgan fingerprint density at radius 2 is 1.76 bits per heavy atom. The maximum Gasteiger partial charge on any atom is 0.120 e. The standard InChI is InChI=1S/C22H24O2S/c1-22(23,12-13-25-2)20-8-5-9-21(15-20)24-16-17-10-11-18-6-3-4-7-19(18)14-17/h3-11,14-15,23H,12-13,16H2,1-2H3. The molecule has 0 spiro atoms. The fraction of sp³-hybridized carbons (Fsp3) is 0.273. The number of fused-ring (bicyclic) bond motifs is 1. The minimum Gasteiger partial charge on any atom is -0.489 e. The predicted molar refractivity (Wildman–Crippen MR) is 107 cm³/mol. The van der Waals surface area contributed by atoms with E-state index in [4.69, 9.17) is 4.74 Å². The molecule has 1 unspecified atom stereocenters. The van der Waals surface area contributed by atoms with Gasteiger partial charge in [0.25, 0.3) is 0 Å². The number of ether oxygens (including phenoxy) is 1. The third-order valence-corrected chi connectivity index (χ3v) is 5.08. The fourth-order valence-corrected chi connectivity index (χ4v) is 3.46. The maximum atomic E-state index is 10.7. The van der Waals surface area contributed by atoms with Crippen LogP contribution in [0.3, 0.4) is 0 Å². The first-order chi connectivity index (χ1) is 12.1. The van der Waals surface area contributed by atoms with Crippen molar-refractivity contribution in [3.05, 3.63) is 77.9 Å². The van der Waals surface area contributed by atoms with Crippen LogP contribution >= 0.6 is 11.8 Å². The third-order valence-electron chi connectivity index (χ3n) is 4.47. The topological polar surface area (TPSA) is 29.5 Å². The van der Waals surface area contributed by atoms with Crippen molar-refractivity contribution in [2.75, 3.05) is 12.0 Å². The van der Waals surface area contributed by atoms with E-state index in [1.165, 1.54) is 10.8 Å². The van der Waals surface area contributed by atoms with Crippen molar-refractivity contribution in [2.24, 2.45) is 0 Å². The number of aliphatic hydroxyl groups is 1. The van der Waals surface area contributed by atoms with Gasteiger partial charge in [0.05, 0.1) is 5.60 Å². The largest absolute Gasteiger partial charge is 0.489 e. The molecule has 1 N–H and O–H groups in total. The van der Waals surface area contributed by atoms with Gasteiger partial charge in [0, 0.05) is 0 Å². The van der Waals surface area contributed by atoms with Crippen molar-refractivity contribution in [3.63, 3.8) is 0 Å². The highest BCUT2D eigenvalue weighted by molar-refractivity contribution is 7.98. The number of thioether (sulfide) groups is 1. The van der Waals surface area contributed by atoms with Gasteiger partial charge in [0.2, 0.25) is 0 Å². The summed E-state index contributed by atoms with van der Waals surface area (Å²) in [6.07, 6.45) is 2.78. The average Bonchev–Trinajstić information content (AvgIpc) is 2.65. The van der Waals surface area contributed by atoms with Crippen LogP contribution in [0.5, 0.6) is 5.75 Å². The first kappa shape index (κ1) is 17.8. The average molecular weight is 352 g/mol. The SMILES string of the molecule is CSCCC(C)(O)c1cccc(OCc2ccc3ccccc3c2)c1. The summed E-state index contributed by atoms with van der Waals surface area (Å²) in [6, 6.07) is 22.5. The molecule has 0 aromatic heterocycles. The van der Waals surface area contributed by atoms with Gasteiger partial charge in [-0.05, 0) is 65.5 Å². The smallest absolute Gasteiger partial charge is 0.120 e. The van der Waals surface area contributed by atoms with Crippen LogP contribution in [0, 0.1) is 0 Å². The lowest BCUT2D eigenvalue weighted by atomic mass is 9.93. The summed E-state index contributed by atoms with van der Waals surface area (Å²) < 4.78 is 5.96. The van der Waals surface area contributed by atoms with Crippen LogP contribution < -0.4 is 4.74 Å². The number of benzene rings is 3. The fourth-order valence-electron chi connectivity index (χ4n) is 2.86. The lowest BCUT2D eigenvalue weighted by Gasteiger charge is -2.24. The van der Waals surface area contributed by atoms with Gasteiger partial charge in [-0.2, -0.15) is 11.8 Å². The molecule has 2 nitrogen and oxygen atoms in total. The molecule has 0 heterocycles. The molecule has 0 bridgehead atoms. The van der Waals surface area contributed by atoms with E-state index in [2.05, 4.69) is 36.6 Å². The molecule has 0 aliphatic rings. The minimum absolute atomic E-state index is 0.515. The third kappa shape index (κ3) is 4.56. The van der Waals surface area contributed by atoms with Gasteiger partial charge in [0.1, 0.15) is 12.4 Å². The van der Waals surface area contributed by atoms with E-state index >= 15 is 0 Å². The zero-order valence-corrected chi connectivity index (χ0v) is 15.6. The molecule has 3 heteroatoms. The Morgan fingerprint density at radius 1 is 0.960 bits per heavy atom. The summed E-state index contributed by atoms with van der Waals surface area (Å²) in [6.45, 7) is 2.38. The van der Waals surface area contributed by atoms with Gasteiger partial charge >= 0.3 is 0 Å². The van der Waals surface area contributed by atoms with Crippen molar-refractivity contribution < 1.29 is 9.84 Å². The molecule has 0 saturated carbocycles. The monoisotopic (exact) mass is 352 g/mol. The van der Waals surface area contributed by atoms with Gasteiger partial charge < -0.3 is 9.84 Å². The molecule has 1 atom stereocenters. The van der Waals surface area contributed by atoms with Crippen molar-refractivity contribution in [1.82, 2.24) is 0 Å². The first-order valence-corrected chi connectivity index (χ1v) is 9.90. The highest BCUT2D eigenvalue weighted by Crippen LogP contribution is 2.29. The Morgan fingerprint density at radius 3 is 2.56 bits per heavy atom. The molecule has 0 radical (unpaired) electrons. The molecular weight excluding hydrogens is 328 g/mol. The quantitative estimate of drug-likeness (QED) is 0.619. The maximum absolute atomic E-state index is 10.7. The summed E-state index contributed by atoms with van der Waals surface area (Å²) >= 11 is 1.74. The Bertz CT molecular complexity index is 842. The normalized spacial score (nSPS) is 13.6. The van der Waals surface area contributed by atoms with Gasteiger partial charge in [0.15, 0.2) is 0 Å². The molecule has 0 aliphatic heterocycles. The Kier molecular flexibility index (Phi) is 5.67. The van der Waals surface area contributed by atoms with Crippen LogP contribution in [-0.2, 0) is 12.2 Å². The van der Waals surface area contributed by atoms with Crippen molar-refractivity contribution in [3.8, 4) is 5.75 Å². The predicted octanol–water partition coefficient (Wildman–Crippen LogP) is 5.38. The molecule has 130 valence electrons. The van der Waals surface area contributed by atoms with E-state index in [1.807, 2.05) is 43.3 Å². The van der Waals surface area contributed by atoms with Crippen LogP contribution in [0.1, 0.15) is 24.5 Å². The molecule has 3 aromatic rings. The second-order valence-electron chi connectivity index (χ2n) is 6.51. The zero-order chi connectivity index (χ0) is 17.7. The van der Waals surface area contributed by atoms with E-state index in [0.717, 1.165) is 29.1 Å². The van der Waals surface area contributed by atoms with E-state index in [9.17, 15) is 5.11 Å². The van der Waals surface area contributed by atoms with Crippen molar-refractivity contribution in [2.45, 2.75) is 25.6 Å². The van der Waals surface area contributed by atoms with Gasteiger partial charge in [-0.1, -0.05) is 48.5 Å². The summed E-state index contributed by atoms with van der Waals surface area (Å²) in [5, 5.41) is 13.1. The zero-order valence-electron chi connectivity index (χ0n) is 14.7. The minimum atomic E-state index is -0.828. The van der Waals surface area contributed by atoms with Crippen LogP contribution in [-0.4, -0.2) is 17.1 Å². The van der Waals surface area contributed by atoms with E-state index < -0.39 is 5.60 Å². The van der Waals surface area contributed by atoms with E-state index in [-0.39, 0.29) is 0 Å². The number of rotatable bonds is 7. The molecule has 0 aliphatic carbocycles. The van der Waals surface area contributed by atoms with Crippen molar-refractivity contribution in [1.29, 1.82) is 0 Å². The summed E-state index contributed by atoms with van der Waals surface area (Å²) in [5.41, 5.74) is 1.21. The Labute approximate surface area is 153 Å². The summed E-state index contributed by atoms with van der Waals surface area (Å²) in [7, 11) is 0. The van der Waals surface area contributed by atoms with Gasteiger partial charge in [-0.15, -0.1) is 0 Å². The molecule has 0 saturated heterocycles. The van der Waals surface area contributed by atoms with Crippen LogP contribution in [0.4, 0.5) is 0 Å². The molecule has 3 rings (SSSR count). The van der Waals surface area contributed by atoms with Crippen LogP contribution in [0.15, 0.2) is 66.7 Å². The second kappa shape index (κ2) is 7.94. The van der Waals surface area contributed by atoms with E-state index in [0.29, 0.717) is 6.61 Å². The molecule has 0 fully saturated rings. The Hall–Kier alpha value is -1.97.